The fourth-order valence-electron chi connectivity index (χ4n) is 3.23. The van der Waals surface area contributed by atoms with E-state index in [9.17, 15) is 23.2 Å². The highest BCUT2D eigenvalue weighted by Crippen LogP contribution is 2.25. The Hall–Kier alpha value is -2.23. The monoisotopic (exact) mass is 453 g/mol. The van der Waals surface area contributed by atoms with E-state index in [1.165, 1.54) is 0 Å². The number of hydrogen-bond donors (Lipinski definition) is 3. The Morgan fingerprint density at radius 2 is 1.77 bits per heavy atom. The van der Waals surface area contributed by atoms with Gasteiger partial charge in [0.05, 0.1) is 18.1 Å². The number of unbranched alkanes of at least 4 members (excludes halogenated alkanes) is 1. The van der Waals surface area contributed by atoms with Crippen molar-refractivity contribution in [2.45, 2.75) is 46.5 Å². The molecule has 0 saturated carbocycles. The summed E-state index contributed by atoms with van der Waals surface area (Å²) in [5, 5.41) is 9.25. The van der Waals surface area contributed by atoms with Crippen molar-refractivity contribution in [1.82, 2.24) is 15.3 Å². The number of nitrogens with one attached hydrogen (secondary N) is 2. The minimum atomic E-state index is -3.66. The van der Waals surface area contributed by atoms with Crippen molar-refractivity contribution >= 4 is 27.9 Å². The second-order valence-corrected chi connectivity index (χ2v) is 9.94. The van der Waals surface area contributed by atoms with Crippen molar-refractivity contribution in [3.05, 3.63) is 42.0 Å². The maximum Gasteiger partial charge on any atom is 0.247 e. The highest BCUT2D eigenvalue weighted by Gasteiger charge is 2.35. The Kier molecular flexibility index (Phi) is 11.4. The van der Waals surface area contributed by atoms with Gasteiger partial charge in [-0.15, -0.1) is 4.41 Å². The smallest absolute Gasteiger partial charge is 0.247 e. The van der Waals surface area contributed by atoms with Crippen LogP contribution in [0.5, 0.6) is 0 Å². The largest absolute Gasteiger partial charge is 0.289 e. The van der Waals surface area contributed by atoms with Crippen molar-refractivity contribution in [2.75, 3.05) is 12.8 Å². The first kappa shape index (κ1) is 26.8. The number of carbonyl (C=O) groups excluding carboxylic acids is 2. The van der Waals surface area contributed by atoms with E-state index in [2.05, 4.69) is 5.43 Å². The van der Waals surface area contributed by atoms with Crippen LogP contribution in [0.25, 0.3) is 6.08 Å². The zero-order valence-electron chi connectivity index (χ0n) is 18.7. The molecular weight excluding hydrogens is 418 g/mol. The quantitative estimate of drug-likeness (QED) is 0.314. The molecule has 0 bridgehead atoms. The Balaban J connectivity index is 3.11. The van der Waals surface area contributed by atoms with Gasteiger partial charge in [-0.25, -0.2) is 13.9 Å². The summed E-state index contributed by atoms with van der Waals surface area (Å²) in [5.41, 5.74) is 5.08. The summed E-state index contributed by atoms with van der Waals surface area (Å²) in [5.74, 6) is -2.85. The number of sulfonamides is 1. The molecule has 1 aromatic carbocycles. The van der Waals surface area contributed by atoms with Gasteiger partial charge in [-0.2, -0.15) is 0 Å². The van der Waals surface area contributed by atoms with Crippen LogP contribution in [0, 0.1) is 17.8 Å². The molecule has 0 aliphatic rings. The molecule has 0 spiro atoms. The van der Waals surface area contributed by atoms with E-state index in [0.717, 1.165) is 22.7 Å². The van der Waals surface area contributed by atoms with Crippen molar-refractivity contribution in [1.29, 1.82) is 0 Å². The number of hydrazine groups is 1. The van der Waals surface area contributed by atoms with Gasteiger partial charge in [-0.3, -0.25) is 20.2 Å². The van der Waals surface area contributed by atoms with Gasteiger partial charge in [-0.1, -0.05) is 69.7 Å². The Labute approximate surface area is 185 Å². The van der Waals surface area contributed by atoms with Gasteiger partial charge >= 0.3 is 0 Å². The summed E-state index contributed by atoms with van der Waals surface area (Å²) >= 11 is 0. The van der Waals surface area contributed by atoms with Gasteiger partial charge in [0.1, 0.15) is 0 Å². The van der Waals surface area contributed by atoms with Crippen LogP contribution in [0.3, 0.4) is 0 Å². The lowest BCUT2D eigenvalue weighted by atomic mass is 9.82. The molecule has 8 nitrogen and oxygen atoms in total. The molecule has 0 radical (unpaired) electrons. The van der Waals surface area contributed by atoms with Crippen LogP contribution < -0.4 is 10.9 Å². The summed E-state index contributed by atoms with van der Waals surface area (Å²) in [4.78, 5) is 25.5. The first-order valence-electron chi connectivity index (χ1n) is 10.5. The van der Waals surface area contributed by atoms with Crippen LogP contribution in [0.2, 0.25) is 0 Å². The van der Waals surface area contributed by atoms with E-state index < -0.39 is 33.7 Å². The Morgan fingerprint density at radius 1 is 1.13 bits per heavy atom. The molecule has 1 aromatic rings. The summed E-state index contributed by atoms with van der Waals surface area (Å²) in [6, 6.07) is 9.50. The molecule has 9 heteroatoms. The lowest BCUT2D eigenvalue weighted by molar-refractivity contribution is -0.141. The number of amides is 2. The van der Waals surface area contributed by atoms with Gasteiger partial charge in [0.25, 0.3) is 0 Å². The number of nitrogens with zero attached hydrogens (tertiary/aromatic N) is 1. The van der Waals surface area contributed by atoms with Gasteiger partial charge in [0, 0.05) is 6.54 Å². The van der Waals surface area contributed by atoms with Crippen LogP contribution >= 0.6 is 0 Å². The van der Waals surface area contributed by atoms with E-state index in [-0.39, 0.29) is 18.9 Å². The summed E-state index contributed by atoms with van der Waals surface area (Å²) in [7, 11) is -3.66. The summed E-state index contributed by atoms with van der Waals surface area (Å²) < 4.78 is 25.1. The van der Waals surface area contributed by atoms with Crippen LogP contribution in [0.15, 0.2) is 36.4 Å². The predicted molar refractivity (Wildman–Crippen MR) is 121 cm³/mol. The number of carbonyl (C=O) groups is 2. The van der Waals surface area contributed by atoms with Crippen LogP contribution in [0.4, 0.5) is 0 Å². The first-order valence-corrected chi connectivity index (χ1v) is 12.4. The average Bonchev–Trinajstić information content (AvgIpc) is 2.72. The molecule has 31 heavy (non-hydrogen) atoms. The van der Waals surface area contributed by atoms with Gasteiger partial charge < -0.3 is 0 Å². The fraction of sp³-hybridized carbons (Fsp3) is 0.545. The zero-order valence-corrected chi connectivity index (χ0v) is 19.6. The minimum Gasteiger partial charge on any atom is -0.289 e. The molecule has 0 heterocycles. The van der Waals surface area contributed by atoms with Crippen LogP contribution in [0.1, 0.15) is 52.0 Å². The third-order valence-corrected chi connectivity index (χ3v) is 5.92. The minimum absolute atomic E-state index is 0.0742. The second kappa shape index (κ2) is 13.2. The molecule has 0 unspecified atom stereocenters. The van der Waals surface area contributed by atoms with Crippen molar-refractivity contribution in [2.24, 2.45) is 17.8 Å². The molecular formula is C22H35N3O5S. The number of hydrogen-bond acceptors (Lipinski definition) is 5. The second-order valence-electron chi connectivity index (χ2n) is 8.03. The molecule has 174 valence electrons. The first-order chi connectivity index (χ1) is 14.6. The van der Waals surface area contributed by atoms with Crippen molar-refractivity contribution < 1.29 is 23.2 Å². The van der Waals surface area contributed by atoms with Gasteiger partial charge in [-0.05, 0) is 30.7 Å². The average molecular weight is 454 g/mol. The van der Waals surface area contributed by atoms with E-state index in [4.69, 9.17) is 0 Å². The standard InChI is InChI=1S/C22H35N3O5S/c1-5-6-15-25(31(4,29)30)23-21(26)20(16-17(2)3)19(22(27)24-28)14-10-13-18-11-8-7-9-12-18/h7-13,17,19-20,28H,5-6,14-16H2,1-4H3,(H,23,26)(H,24,27)/b13-10+/t19-,20+/m0/s1. The number of hydroxylamine groups is 1. The molecule has 3 N–H and O–H groups in total. The number of benzene rings is 1. The molecule has 1 rings (SSSR count). The van der Waals surface area contributed by atoms with Crippen molar-refractivity contribution in [3.8, 4) is 0 Å². The molecule has 2 atom stereocenters. The van der Waals surface area contributed by atoms with Crippen LogP contribution in [-0.4, -0.2) is 42.7 Å². The lowest BCUT2D eigenvalue weighted by Crippen LogP contribution is -2.51. The molecule has 0 aromatic heterocycles. The SMILES string of the molecule is CCCCN(NC(=O)[C@H](CC(C)C)[C@H](C/C=C/c1ccccc1)C(=O)NO)S(C)(=O)=O. The third-order valence-electron chi connectivity index (χ3n) is 4.84. The third kappa shape index (κ3) is 9.63. The number of rotatable bonds is 13. The van der Waals surface area contributed by atoms with E-state index in [1.807, 2.05) is 57.2 Å². The topological polar surface area (TPSA) is 116 Å². The zero-order chi connectivity index (χ0) is 23.4. The molecule has 0 fully saturated rings. The highest BCUT2D eigenvalue weighted by atomic mass is 32.2. The summed E-state index contributed by atoms with van der Waals surface area (Å²) in [6.07, 6.45) is 6.56. The highest BCUT2D eigenvalue weighted by molar-refractivity contribution is 7.88. The maximum atomic E-state index is 13.1. The molecule has 0 aliphatic carbocycles. The molecule has 0 aliphatic heterocycles. The number of allylic oxidation sites excluding steroid dienone is 1. The van der Waals surface area contributed by atoms with E-state index in [0.29, 0.717) is 12.8 Å². The van der Waals surface area contributed by atoms with Crippen LogP contribution in [-0.2, 0) is 19.6 Å². The maximum absolute atomic E-state index is 13.1. The normalized spacial score (nSPS) is 14.0. The van der Waals surface area contributed by atoms with E-state index in [1.54, 1.807) is 11.6 Å². The van der Waals surface area contributed by atoms with Crippen molar-refractivity contribution in [3.63, 3.8) is 0 Å². The Bertz CT molecular complexity index is 825. The summed E-state index contributed by atoms with van der Waals surface area (Å²) in [6.45, 7) is 5.91. The predicted octanol–water partition coefficient (Wildman–Crippen LogP) is 2.97. The molecule has 2 amide bonds. The van der Waals surface area contributed by atoms with E-state index >= 15 is 0 Å². The Morgan fingerprint density at radius 3 is 2.29 bits per heavy atom. The van der Waals surface area contributed by atoms with Gasteiger partial charge in [0.2, 0.25) is 21.8 Å². The lowest BCUT2D eigenvalue weighted by Gasteiger charge is -2.28. The fourth-order valence-corrected chi connectivity index (χ4v) is 3.94. The van der Waals surface area contributed by atoms with Gasteiger partial charge in [0.15, 0.2) is 0 Å². The molecule has 0 saturated heterocycles.